The highest BCUT2D eigenvalue weighted by molar-refractivity contribution is 5.07. The van der Waals surface area contributed by atoms with Crippen LogP contribution in [0.15, 0.2) is 0 Å². The van der Waals surface area contributed by atoms with Crippen molar-refractivity contribution in [3.63, 3.8) is 0 Å². The molecule has 4 rings (SSSR count). The van der Waals surface area contributed by atoms with Crippen LogP contribution >= 0.6 is 0 Å². The summed E-state index contributed by atoms with van der Waals surface area (Å²) in [4.78, 5) is 0. The van der Waals surface area contributed by atoms with E-state index in [-0.39, 0.29) is 0 Å². The van der Waals surface area contributed by atoms with Gasteiger partial charge >= 0.3 is 0 Å². The average molecular weight is 276 g/mol. The number of fused-ring (bicyclic) bond motifs is 5. The van der Waals surface area contributed by atoms with Crippen molar-refractivity contribution in [1.29, 1.82) is 0 Å². The van der Waals surface area contributed by atoms with E-state index in [1.807, 2.05) is 0 Å². The van der Waals surface area contributed by atoms with Crippen molar-refractivity contribution in [2.24, 2.45) is 34.5 Å². The Hall–Kier alpha value is -0.0400. The van der Waals surface area contributed by atoms with Crippen LogP contribution in [0, 0.1) is 34.5 Å². The minimum atomic E-state index is 0.346. The van der Waals surface area contributed by atoms with Gasteiger partial charge in [-0.2, -0.15) is 0 Å². The van der Waals surface area contributed by atoms with E-state index in [4.69, 9.17) is 0 Å². The maximum absolute atomic E-state index is 10.0. The molecular weight excluding hydrogens is 244 g/mol. The van der Waals surface area contributed by atoms with Crippen molar-refractivity contribution in [1.82, 2.24) is 0 Å². The zero-order valence-corrected chi connectivity index (χ0v) is 13.2. The van der Waals surface area contributed by atoms with E-state index in [0.717, 1.165) is 23.7 Å². The van der Waals surface area contributed by atoms with E-state index in [0.29, 0.717) is 17.4 Å². The molecule has 6 atom stereocenters. The minimum Gasteiger partial charge on any atom is -0.396 e. The highest BCUT2D eigenvalue weighted by atomic mass is 16.3. The molecule has 0 saturated heterocycles. The van der Waals surface area contributed by atoms with Gasteiger partial charge in [0.05, 0.1) is 0 Å². The second-order valence-corrected chi connectivity index (χ2v) is 8.85. The molecule has 0 spiro atoms. The first-order valence-electron chi connectivity index (χ1n) is 9.30. The summed E-state index contributed by atoms with van der Waals surface area (Å²) in [5.74, 6) is 3.84. The maximum atomic E-state index is 10.0. The van der Waals surface area contributed by atoms with Crippen LogP contribution in [0.1, 0.15) is 77.6 Å². The monoisotopic (exact) mass is 276 g/mol. The van der Waals surface area contributed by atoms with E-state index < -0.39 is 0 Å². The van der Waals surface area contributed by atoms with Gasteiger partial charge in [-0.05, 0) is 85.9 Å². The summed E-state index contributed by atoms with van der Waals surface area (Å²) in [6.45, 7) is 3.12. The van der Waals surface area contributed by atoms with E-state index >= 15 is 0 Å². The number of hydrogen-bond donors (Lipinski definition) is 1. The quantitative estimate of drug-likeness (QED) is 0.730. The fourth-order valence-corrected chi connectivity index (χ4v) is 7.36. The number of aliphatic hydroxyl groups excluding tert-OH is 1. The molecular formula is C19H32O. The molecule has 1 N–H and O–H groups in total. The van der Waals surface area contributed by atoms with Crippen molar-refractivity contribution in [3.05, 3.63) is 0 Å². The van der Waals surface area contributed by atoms with Crippen molar-refractivity contribution in [3.8, 4) is 0 Å². The van der Waals surface area contributed by atoms with Gasteiger partial charge in [-0.1, -0.05) is 26.2 Å². The normalized spacial score (nSPS) is 54.9. The van der Waals surface area contributed by atoms with E-state index in [9.17, 15) is 5.11 Å². The van der Waals surface area contributed by atoms with Crippen molar-refractivity contribution < 1.29 is 5.11 Å². The molecule has 4 aliphatic carbocycles. The summed E-state index contributed by atoms with van der Waals surface area (Å²) in [6, 6.07) is 0. The third-order valence-electron chi connectivity index (χ3n) is 8.42. The summed E-state index contributed by atoms with van der Waals surface area (Å²) in [5.41, 5.74) is 1.00. The van der Waals surface area contributed by atoms with Gasteiger partial charge in [-0.25, -0.2) is 0 Å². The molecule has 0 heterocycles. The maximum Gasteiger partial charge on any atom is 0.0490 e. The molecule has 114 valence electrons. The fourth-order valence-electron chi connectivity index (χ4n) is 7.36. The first-order chi connectivity index (χ1) is 9.70. The molecule has 0 amide bonds. The van der Waals surface area contributed by atoms with E-state index in [1.165, 1.54) is 70.6 Å². The second kappa shape index (κ2) is 4.73. The zero-order valence-electron chi connectivity index (χ0n) is 13.2. The third kappa shape index (κ3) is 1.71. The Morgan fingerprint density at radius 3 is 2.60 bits per heavy atom. The predicted octanol–water partition coefficient (Wildman–Crippen LogP) is 4.78. The van der Waals surface area contributed by atoms with Crippen LogP contribution in [-0.4, -0.2) is 11.7 Å². The molecule has 1 heteroatoms. The Kier molecular flexibility index (Phi) is 3.22. The SMILES string of the molecule is C[C@]12CCCCC1CC[C@H]1[C@H]3CCC[C@@]3(CO)CC[C@@H]12. The van der Waals surface area contributed by atoms with Gasteiger partial charge in [-0.15, -0.1) is 0 Å². The lowest BCUT2D eigenvalue weighted by molar-refractivity contribution is -0.117. The Labute approximate surface area is 124 Å². The van der Waals surface area contributed by atoms with Gasteiger partial charge in [0, 0.05) is 6.61 Å². The Bertz CT molecular complexity index is 378. The molecule has 0 aromatic carbocycles. The summed E-state index contributed by atoms with van der Waals surface area (Å²) in [7, 11) is 0. The largest absolute Gasteiger partial charge is 0.396 e. The minimum absolute atomic E-state index is 0.346. The van der Waals surface area contributed by atoms with Gasteiger partial charge in [-0.3, -0.25) is 0 Å². The van der Waals surface area contributed by atoms with Gasteiger partial charge in [0.1, 0.15) is 0 Å². The highest BCUT2D eigenvalue weighted by Crippen LogP contribution is 2.66. The second-order valence-electron chi connectivity index (χ2n) is 8.85. The van der Waals surface area contributed by atoms with Gasteiger partial charge < -0.3 is 5.11 Å². The first kappa shape index (κ1) is 13.6. The topological polar surface area (TPSA) is 20.2 Å². The van der Waals surface area contributed by atoms with Gasteiger partial charge in [0.2, 0.25) is 0 Å². The molecule has 1 nitrogen and oxygen atoms in total. The van der Waals surface area contributed by atoms with E-state index in [2.05, 4.69) is 6.92 Å². The third-order valence-corrected chi connectivity index (χ3v) is 8.42. The van der Waals surface area contributed by atoms with Gasteiger partial charge in [0.15, 0.2) is 0 Å². The lowest BCUT2D eigenvalue weighted by Crippen LogP contribution is -2.53. The predicted molar refractivity (Wildman–Crippen MR) is 82.4 cm³/mol. The lowest BCUT2D eigenvalue weighted by atomic mass is 9.45. The average Bonchev–Trinajstić information content (AvgIpc) is 2.91. The van der Waals surface area contributed by atoms with E-state index in [1.54, 1.807) is 0 Å². The summed E-state index contributed by atoms with van der Waals surface area (Å²) < 4.78 is 0. The van der Waals surface area contributed by atoms with Crippen molar-refractivity contribution >= 4 is 0 Å². The van der Waals surface area contributed by atoms with Crippen LogP contribution in [0.3, 0.4) is 0 Å². The van der Waals surface area contributed by atoms with Crippen molar-refractivity contribution in [2.75, 3.05) is 6.61 Å². The molecule has 0 bridgehead atoms. The molecule has 4 aliphatic rings. The molecule has 4 saturated carbocycles. The van der Waals surface area contributed by atoms with Crippen LogP contribution in [0.4, 0.5) is 0 Å². The molecule has 0 aromatic rings. The number of rotatable bonds is 1. The van der Waals surface area contributed by atoms with Gasteiger partial charge in [0.25, 0.3) is 0 Å². The lowest BCUT2D eigenvalue weighted by Gasteiger charge is -2.60. The van der Waals surface area contributed by atoms with Crippen LogP contribution in [0.5, 0.6) is 0 Å². The standard InChI is InChI=1S/C19H32O/c1-18-10-3-2-5-14(18)7-8-15-16(18)9-12-19(13-20)11-4-6-17(15)19/h14-17,20H,2-13H2,1H3/t14?,15-,16+,17-,18+,19+/m1/s1. The highest BCUT2D eigenvalue weighted by Gasteiger charge is 2.58. The number of hydrogen-bond acceptors (Lipinski definition) is 1. The summed E-state index contributed by atoms with van der Waals surface area (Å²) in [6.07, 6.45) is 15.8. The summed E-state index contributed by atoms with van der Waals surface area (Å²) in [5, 5.41) is 10.0. The van der Waals surface area contributed by atoms with Crippen LogP contribution in [0.2, 0.25) is 0 Å². The Morgan fingerprint density at radius 1 is 0.850 bits per heavy atom. The Balaban J connectivity index is 1.64. The fraction of sp³-hybridized carbons (Fsp3) is 1.00. The molecule has 0 aromatic heterocycles. The Morgan fingerprint density at radius 2 is 1.75 bits per heavy atom. The smallest absolute Gasteiger partial charge is 0.0490 e. The number of aliphatic hydroxyl groups is 1. The summed E-state index contributed by atoms with van der Waals surface area (Å²) >= 11 is 0. The zero-order chi connectivity index (χ0) is 13.8. The molecule has 4 fully saturated rings. The first-order valence-corrected chi connectivity index (χ1v) is 9.30. The van der Waals surface area contributed by atoms with Crippen LogP contribution < -0.4 is 0 Å². The molecule has 20 heavy (non-hydrogen) atoms. The van der Waals surface area contributed by atoms with Crippen LogP contribution in [-0.2, 0) is 0 Å². The van der Waals surface area contributed by atoms with Crippen LogP contribution in [0.25, 0.3) is 0 Å². The molecule has 0 radical (unpaired) electrons. The molecule has 0 aliphatic heterocycles. The molecule has 1 unspecified atom stereocenters. The van der Waals surface area contributed by atoms with Crippen molar-refractivity contribution in [2.45, 2.75) is 77.6 Å².